The Morgan fingerprint density at radius 2 is 2.00 bits per heavy atom. The average molecular weight is 396 g/mol. The standard InChI is InChI=1S/C16H20N4O8/c1-8(21)25-4-11-13(27-9(2)22)16(5-26-11,28-10(3)23)20-7-19-12-14(20)17-6-18-15(12)24/h6-7,11-14H,4-5H2,1-3H3,(H,17,18,24)/t11-,12-,13+,14-,16+/m1/s1. The van der Waals surface area contributed by atoms with Gasteiger partial charge in [-0.1, -0.05) is 0 Å². The minimum absolute atomic E-state index is 0.219. The third-order valence-electron chi connectivity index (χ3n) is 4.41. The van der Waals surface area contributed by atoms with Crippen molar-refractivity contribution in [2.45, 2.75) is 50.9 Å². The van der Waals surface area contributed by atoms with E-state index in [0.717, 1.165) is 0 Å². The lowest BCUT2D eigenvalue weighted by atomic mass is 10.0. The van der Waals surface area contributed by atoms with Crippen LogP contribution in [0.4, 0.5) is 0 Å². The lowest BCUT2D eigenvalue weighted by Crippen LogP contribution is -2.65. The maximum Gasteiger partial charge on any atom is 0.304 e. The molecule has 1 saturated heterocycles. The van der Waals surface area contributed by atoms with Crippen LogP contribution in [0, 0.1) is 0 Å². The molecule has 0 aromatic rings. The number of rotatable bonds is 5. The number of carbonyl (C=O) groups is 4. The maximum absolute atomic E-state index is 12.0. The molecule has 0 radical (unpaired) electrons. The zero-order valence-electron chi connectivity index (χ0n) is 15.5. The second-order valence-electron chi connectivity index (χ2n) is 6.44. The first-order valence-electron chi connectivity index (χ1n) is 8.50. The van der Waals surface area contributed by atoms with Crippen LogP contribution >= 0.6 is 0 Å². The molecule has 0 aromatic carbocycles. The molecule has 1 amide bonds. The van der Waals surface area contributed by atoms with E-state index in [4.69, 9.17) is 18.9 Å². The topological polar surface area (TPSA) is 145 Å². The number of carbonyl (C=O) groups excluding carboxylic acids is 4. The van der Waals surface area contributed by atoms with Crippen molar-refractivity contribution < 1.29 is 38.1 Å². The predicted octanol–water partition coefficient (Wildman–Crippen LogP) is -1.66. The molecule has 28 heavy (non-hydrogen) atoms. The molecular weight excluding hydrogens is 376 g/mol. The number of nitrogens with one attached hydrogen (secondary N) is 1. The summed E-state index contributed by atoms with van der Waals surface area (Å²) in [6.45, 7) is 3.16. The van der Waals surface area contributed by atoms with Crippen LogP contribution in [0.5, 0.6) is 0 Å². The first-order chi connectivity index (χ1) is 13.2. The first-order valence-corrected chi connectivity index (χ1v) is 8.50. The van der Waals surface area contributed by atoms with E-state index in [1.54, 1.807) is 0 Å². The molecule has 12 nitrogen and oxygen atoms in total. The minimum atomic E-state index is -1.64. The largest absolute Gasteiger partial charge is 0.463 e. The van der Waals surface area contributed by atoms with Crippen molar-refractivity contribution in [3.8, 4) is 0 Å². The fraction of sp³-hybridized carbons (Fsp3) is 0.625. The molecule has 3 aliphatic heterocycles. The predicted molar refractivity (Wildman–Crippen MR) is 91.0 cm³/mol. The SMILES string of the molecule is CC(=O)OC[C@H]1OC[C@@](OC(C)=O)(N2C=N[C@H]3C(=O)NC=N[C@@H]32)[C@H]1OC(C)=O. The molecule has 1 N–H and O–H groups in total. The summed E-state index contributed by atoms with van der Waals surface area (Å²) < 4.78 is 21.6. The Balaban J connectivity index is 1.98. The third kappa shape index (κ3) is 3.54. The van der Waals surface area contributed by atoms with Gasteiger partial charge in [0.15, 0.2) is 18.3 Å². The number of esters is 3. The summed E-state index contributed by atoms with van der Waals surface area (Å²) >= 11 is 0. The molecule has 0 spiro atoms. The van der Waals surface area contributed by atoms with Crippen molar-refractivity contribution in [1.29, 1.82) is 0 Å². The minimum Gasteiger partial charge on any atom is -0.463 e. The van der Waals surface area contributed by atoms with Crippen LogP contribution in [0.3, 0.4) is 0 Å². The van der Waals surface area contributed by atoms with E-state index >= 15 is 0 Å². The molecule has 0 aliphatic carbocycles. The number of fused-ring (bicyclic) bond motifs is 1. The number of nitrogens with zero attached hydrogens (tertiary/aromatic N) is 3. The van der Waals surface area contributed by atoms with Gasteiger partial charge >= 0.3 is 17.9 Å². The molecule has 0 bridgehead atoms. The zero-order valence-corrected chi connectivity index (χ0v) is 15.5. The van der Waals surface area contributed by atoms with Crippen LogP contribution in [0.15, 0.2) is 9.98 Å². The monoisotopic (exact) mass is 396 g/mol. The van der Waals surface area contributed by atoms with Crippen LogP contribution in [0.1, 0.15) is 20.8 Å². The van der Waals surface area contributed by atoms with Gasteiger partial charge in [-0.3, -0.25) is 29.1 Å². The van der Waals surface area contributed by atoms with Gasteiger partial charge in [0, 0.05) is 20.8 Å². The fourth-order valence-electron chi connectivity index (χ4n) is 3.36. The summed E-state index contributed by atoms with van der Waals surface area (Å²) in [5.41, 5.74) is -1.64. The van der Waals surface area contributed by atoms with E-state index in [2.05, 4.69) is 15.3 Å². The lowest BCUT2D eigenvalue weighted by molar-refractivity contribution is -0.205. The lowest BCUT2D eigenvalue weighted by Gasteiger charge is -2.42. The van der Waals surface area contributed by atoms with E-state index in [1.807, 2.05) is 0 Å². The number of amides is 1. The quantitative estimate of drug-likeness (QED) is 0.426. The Morgan fingerprint density at radius 1 is 1.25 bits per heavy atom. The summed E-state index contributed by atoms with van der Waals surface area (Å²) in [5, 5.41) is 2.45. The maximum atomic E-state index is 12.0. The molecule has 152 valence electrons. The first kappa shape index (κ1) is 19.7. The van der Waals surface area contributed by atoms with Gasteiger partial charge in [-0.25, -0.2) is 4.99 Å². The van der Waals surface area contributed by atoms with E-state index in [-0.39, 0.29) is 19.1 Å². The zero-order chi connectivity index (χ0) is 20.5. The number of hydrogen-bond donors (Lipinski definition) is 1. The Labute approximate surface area is 159 Å². The second-order valence-corrected chi connectivity index (χ2v) is 6.44. The van der Waals surface area contributed by atoms with Gasteiger partial charge in [0.1, 0.15) is 19.3 Å². The highest BCUT2D eigenvalue weighted by atomic mass is 16.7. The van der Waals surface area contributed by atoms with E-state index in [0.29, 0.717) is 0 Å². The van der Waals surface area contributed by atoms with Gasteiger partial charge in [-0.05, 0) is 0 Å². The van der Waals surface area contributed by atoms with Gasteiger partial charge in [-0.15, -0.1) is 0 Å². The highest BCUT2D eigenvalue weighted by Crippen LogP contribution is 2.38. The summed E-state index contributed by atoms with van der Waals surface area (Å²) in [6, 6.07) is -0.858. The summed E-state index contributed by atoms with van der Waals surface area (Å²) in [6.07, 6.45) is -0.337. The molecular formula is C16H20N4O8. The summed E-state index contributed by atoms with van der Waals surface area (Å²) in [5.74, 6) is -2.25. The number of ether oxygens (including phenoxy) is 4. The van der Waals surface area contributed by atoms with Crippen LogP contribution < -0.4 is 5.32 Å². The molecule has 12 heteroatoms. The molecule has 1 fully saturated rings. The van der Waals surface area contributed by atoms with Gasteiger partial charge in [0.2, 0.25) is 0 Å². The Hall–Kier alpha value is -3.02. The van der Waals surface area contributed by atoms with Crippen LogP contribution in [-0.2, 0) is 38.1 Å². The van der Waals surface area contributed by atoms with Crippen LogP contribution in [0.2, 0.25) is 0 Å². The van der Waals surface area contributed by atoms with Crippen molar-refractivity contribution in [3.05, 3.63) is 0 Å². The van der Waals surface area contributed by atoms with E-state index in [1.165, 1.54) is 38.3 Å². The van der Waals surface area contributed by atoms with Crippen molar-refractivity contribution >= 4 is 36.5 Å². The van der Waals surface area contributed by atoms with Crippen molar-refractivity contribution in [2.24, 2.45) is 9.98 Å². The molecule has 3 heterocycles. The Kier molecular flexibility index (Phi) is 5.31. The normalized spacial score (nSPS) is 33.2. The molecule has 0 aromatic heterocycles. The second kappa shape index (κ2) is 7.54. The number of hydrogen-bond acceptors (Lipinski definition) is 11. The fourth-order valence-corrected chi connectivity index (χ4v) is 3.36. The average Bonchev–Trinajstić information content (AvgIpc) is 3.16. The van der Waals surface area contributed by atoms with Crippen LogP contribution in [0.25, 0.3) is 0 Å². The molecule has 0 saturated carbocycles. The Morgan fingerprint density at radius 3 is 2.64 bits per heavy atom. The highest BCUT2D eigenvalue weighted by Gasteiger charge is 2.62. The molecule has 3 aliphatic rings. The Bertz CT molecular complexity index is 753. The van der Waals surface area contributed by atoms with Gasteiger partial charge in [0.25, 0.3) is 11.6 Å². The van der Waals surface area contributed by atoms with Gasteiger partial charge in [0.05, 0.1) is 12.7 Å². The van der Waals surface area contributed by atoms with E-state index in [9.17, 15) is 19.2 Å². The molecule has 5 atom stereocenters. The number of aliphatic imine (C=N–C) groups is 2. The van der Waals surface area contributed by atoms with Crippen molar-refractivity contribution in [3.63, 3.8) is 0 Å². The highest BCUT2D eigenvalue weighted by molar-refractivity contribution is 5.96. The molecule has 3 rings (SSSR count). The van der Waals surface area contributed by atoms with Gasteiger partial charge < -0.3 is 24.3 Å². The molecule has 0 unspecified atom stereocenters. The third-order valence-corrected chi connectivity index (χ3v) is 4.41. The van der Waals surface area contributed by atoms with Gasteiger partial charge in [-0.2, -0.15) is 0 Å². The van der Waals surface area contributed by atoms with Crippen molar-refractivity contribution in [1.82, 2.24) is 10.2 Å². The smallest absolute Gasteiger partial charge is 0.304 e. The summed E-state index contributed by atoms with van der Waals surface area (Å²) in [4.78, 5) is 56.6. The summed E-state index contributed by atoms with van der Waals surface area (Å²) in [7, 11) is 0. The van der Waals surface area contributed by atoms with Crippen molar-refractivity contribution in [2.75, 3.05) is 13.2 Å². The van der Waals surface area contributed by atoms with E-state index < -0.39 is 48.0 Å². The van der Waals surface area contributed by atoms with Crippen LogP contribution in [-0.4, -0.2) is 84.7 Å².